The van der Waals surface area contributed by atoms with Crippen LogP contribution in [0.15, 0.2) is 54.7 Å². The fraction of sp³-hybridized carbons (Fsp3) is 0.200. The number of nitrogens with one attached hydrogen (secondary N) is 1. The molecule has 2 aliphatic rings. The van der Waals surface area contributed by atoms with Crippen LogP contribution in [0.4, 0.5) is 15.9 Å². The van der Waals surface area contributed by atoms with Gasteiger partial charge < -0.3 is 19.7 Å². The Morgan fingerprint density at radius 3 is 2.75 bits per heavy atom. The lowest BCUT2D eigenvalue weighted by molar-refractivity contribution is -0.110. The summed E-state index contributed by atoms with van der Waals surface area (Å²) in [4.78, 5) is 19.4. The quantitative estimate of drug-likeness (QED) is 0.627. The maximum absolute atomic E-state index is 14.6. The van der Waals surface area contributed by atoms with Crippen LogP contribution in [-0.2, 0) is 9.53 Å². The van der Waals surface area contributed by atoms with Crippen molar-refractivity contribution < 1.29 is 18.7 Å². The Labute approximate surface area is 185 Å². The summed E-state index contributed by atoms with van der Waals surface area (Å²) in [5.41, 5.74) is 3.75. The van der Waals surface area contributed by atoms with E-state index in [2.05, 4.69) is 15.2 Å². The van der Waals surface area contributed by atoms with E-state index in [0.29, 0.717) is 41.4 Å². The summed E-state index contributed by atoms with van der Waals surface area (Å²) < 4.78 is 25.3. The molecule has 1 saturated heterocycles. The molecule has 0 unspecified atom stereocenters. The lowest BCUT2D eigenvalue weighted by atomic mass is 9.97. The van der Waals surface area contributed by atoms with Crippen LogP contribution in [0.2, 0.25) is 0 Å². The molecule has 0 aliphatic carbocycles. The molecule has 162 valence electrons. The number of carbonyl (C=O) groups is 1. The number of benzene rings is 2. The van der Waals surface area contributed by atoms with E-state index < -0.39 is 0 Å². The first kappa shape index (κ1) is 20.2. The van der Waals surface area contributed by atoms with Crippen molar-refractivity contribution in [2.24, 2.45) is 0 Å². The fourth-order valence-corrected chi connectivity index (χ4v) is 4.07. The Kier molecular flexibility index (Phi) is 5.33. The molecule has 1 aromatic heterocycles. The number of morpholine rings is 1. The number of nitrogens with zero attached hydrogens (tertiary/aromatic N) is 2. The number of halogens is 1. The lowest BCUT2D eigenvalue weighted by Crippen LogP contribution is -2.36. The average molecular weight is 431 g/mol. The molecule has 3 aromatic rings. The highest BCUT2D eigenvalue weighted by Crippen LogP contribution is 2.39. The molecule has 2 aromatic carbocycles. The van der Waals surface area contributed by atoms with E-state index in [1.54, 1.807) is 36.5 Å². The number of carbonyl (C=O) groups excluding carboxylic acids is 1. The summed E-state index contributed by atoms with van der Waals surface area (Å²) in [7, 11) is 1.51. The zero-order valence-electron chi connectivity index (χ0n) is 17.6. The number of fused-ring (bicyclic) bond motifs is 1. The Hall–Kier alpha value is -3.71. The first-order valence-electron chi connectivity index (χ1n) is 10.4. The third kappa shape index (κ3) is 3.71. The summed E-state index contributed by atoms with van der Waals surface area (Å²) in [5, 5.41) is 2.88. The second-order valence-corrected chi connectivity index (χ2v) is 7.64. The van der Waals surface area contributed by atoms with Crippen LogP contribution in [0, 0.1) is 5.82 Å². The van der Waals surface area contributed by atoms with Gasteiger partial charge in [0.05, 0.1) is 25.9 Å². The molecule has 0 spiro atoms. The maximum Gasteiger partial charge on any atom is 0.256 e. The predicted molar refractivity (Wildman–Crippen MR) is 122 cm³/mol. The third-order valence-corrected chi connectivity index (χ3v) is 5.70. The van der Waals surface area contributed by atoms with Crippen LogP contribution >= 0.6 is 0 Å². The SMILES string of the molecule is COc1cccc(F)c1-c1ccc2c(c1)/C(=C/c1ccc(N3CCOCC3)nc1)C(=O)N2. The van der Waals surface area contributed by atoms with Gasteiger partial charge in [-0.2, -0.15) is 0 Å². The fourth-order valence-electron chi connectivity index (χ4n) is 4.07. The van der Waals surface area contributed by atoms with Crippen LogP contribution in [-0.4, -0.2) is 44.3 Å². The van der Waals surface area contributed by atoms with Gasteiger partial charge in [0, 0.05) is 36.1 Å². The van der Waals surface area contributed by atoms with Crippen molar-refractivity contribution in [1.82, 2.24) is 4.98 Å². The van der Waals surface area contributed by atoms with Crippen molar-refractivity contribution in [3.63, 3.8) is 0 Å². The van der Waals surface area contributed by atoms with E-state index in [0.717, 1.165) is 30.0 Å². The van der Waals surface area contributed by atoms with E-state index >= 15 is 0 Å². The molecule has 1 N–H and O–H groups in total. The molecule has 6 nitrogen and oxygen atoms in total. The van der Waals surface area contributed by atoms with Gasteiger partial charge in [-0.3, -0.25) is 4.79 Å². The van der Waals surface area contributed by atoms with Gasteiger partial charge in [-0.05, 0) is 53.6 Å². The zero-order chi connectivity index (χ0) is 22.1. The second kappa shape index (κ2) is 8.43. The van der Waals surface area contributed by atoms with Crippen molar-refractivity contribution in [3.8, 4) is 16.9 Å². The molecule has 5 rings (SSSR count). The topological polar surface area (TPSA) is 63.7 Å². The van der Waals surface area contributed by atoms with Gasteiger partial charge in [-0.25, -0.2) is 9.37 Å². The molecule has 2 aliphatic heterocycles. The first-order valence-corrected chi connectivity index (χ1v) is 10.4. The highest BCUT2D eigenvalue weighted by Gasteiger charge is 2.25. The molecule has 0 radical (unpaired) electrons. The maximum atomic E-state index is 14.6. The van der Waals surface area contributed by atoms with Crippen molar-refractivity contribution >= 4 is 29.1 Å². The summed E-state index contributed by atoms with van der Waals surface area (Å²) >= 11 is 0. The highest BCUT2D eigenvalue weighted by atomic mass is 19.1. The van der Waals surface area contributed by atoms with E-state index in [1.807, 2.05) is 18.2 Å². The Morgan fingerprint density at radius 1 is 1.16 bits per heavy atom. The van der Waals surface area contributed by atoms with Gasteiger partial charge in [0.25, 0.3) is 5.91 Å². The normalized spacial score (nSPS) is 16.8. The summed E-state index contributed by atoms with van der Waals surface area (Å²) in [6, 6.07) is 14.0. The minimum Gasteiger partial charge on any atom is -0.496 e. The second-order valence-electron chi connectivity index (χ2n) is 7.64. The molecule has 32 heavy (non-hydrogen) atoms. The van der Waals surface area contributed by atoms with E-state index in [-0.39, 0.29) is 11.7 Å². The Morgan fingerprint density at radius 2 is 2.00 bits per heavy atom. The number of pyridine rings is 1. The zero-order valence-corrected chi connectivity index (χ0v) is 17.6. The van der Waals surface area contributed by atoms with Gasteiger partial charge in [-0.15, -0.1) is 0 Å². The standard InChI is InChI=1S/C25H22FN3O3/c1-31-22-4-2-3-20(26)24(22)17-6-7-21-18(14-17)19(25(30)28-21)13-16-5-8-23(27-15-16)29-9-11-32-12-10-29/h2-8,13-15H,9-12H2,1H3,(H,28,30)/b19-13-. The average Bonchev–Trinajstić information content (AvgIpc) is 3.14. The largest absolute Gasteiger partial charge is 0.496 e. The monoisotopic (exact) mass is 431 g/mol. The summed E-state index contributed by atoms with van der Waals surface area (Å²) in [6.45, 7) is 3.01. The number of anilines is 2. The van der Waals surface area contributed by atoms with Gasteiger partial charge >= 0.3 is 0 Å². The van der Waals surface area contributed by atoms with E-state index in [1.165, 1.54) is 13.2 Å². The van der Waals surface area contributed by atoms with Crippen molar-refractivity contribution in [2.75, 3.05) is 43.6 Å². The van der Waals surface area contributed by atoms with Crippen LogP contribution in [0.5, 0.6) is 5.75 Å². The molecule has 1 fully saturated rings. The predicted octanol–water partition coefficient (Wildman–Crippen LogP) is 4.23. The third-order valence-electron chi connectivity index (χ3n) is 5.70. The molecule has 3 heterocycles. The van der Waals surface area contributed by atoms with Gasteiger partial charge in [-0.1, -0.05) is 12.1 Å². The summed E-state index contributed by atoms with van der Waals surface area (Å²) in [5.74, 6) is 0.751. The van der Waals surface area contributed by atoms with Crippen LogP contribution in [0.1, 0.15) is 11.1 Å². The van der Waals surface area contributed by atoms with Crippen LogP contribution in [0.3, 0.4) is 0 Å². The first-order chi connectivity index (χ1) is 15.6. The molecule has 0 bridgehead atoms. The van der Waals surface area contributed by atoms with E-state index in [9.17, 15) is 9.18 Å². The lowest BCUT2D eigenvalue weighted by Gasteiger charge is -2.27. The molecule has 0 saturated carbocycles. The van der Waals surface area contributed by atoms with Gasteiger partial charge in [0.2, 0.25) is 0 Å². The number of hydrogen-bond donors (Lipinski definition) is 1. The number of ether oxygens (including phenoxy) is 2. The minimum atomic E-state index is -0.380. The van der Waals surface area contributed by atoms with Gasteiger partial charge in [0.15, 0.2) is 0 Å². The highest BCUT2D eigenvalue weighted by molar-refractivity contribution is 6.35. The van der Waals surface area contributed by atoms with Crippen molar-refractivity contribution in [3.05, 3.63) is 71.7 Å². The molecule has 7 heteroatoms. The molecule has 0 atom stereocenters. The number of rotatable bonds is 4. The number of aromatic nitrogens is 1. The number of methoxy groups -OCH3 is 1. The minimum absolute atomic E-state index is 0.199. The Balaban J connectivity index is 1.49. The van der Waals surface area contributed by atoms with Gasteiger partial charge in [0.1, 0.15) is 17.4 Å². The Bertz CT molecular complexity index is 1200. The smallest absolute Gasteiger partial charge is 0.256 e. The van der Waals surface area contributed by atoms with Crippen molar-refractivity contribution in [2.45, 2.75) is 0 Å². The van der Waals surface area contributed by atoms with Crippen LogP contribution in [0.25, 0.3) is 22.8 Å². The molecular formula is C25H22FN3O3. The van der Waals surface area contributed by atoms with Crippen molar-refractivity contribution in [1.29, 1.82) is 0 Å². The van der Waals surface area contributed by atoms with Crippen LogP contribution < -0.4 is 15.0 Å². The van der Waals surface area contributed by atoms with E-state index in [4.69, 9.17) is 9.47 Å². The molecular weight excluding hydrogens is 409 g/mol. The number of amides is 1. The summed E-state index contributed by atoms with van der Waals surface area (Å²) in [6.07, 6.45) is 3.56. The number of hydrogen-bond acceptors (Lipinski definition) is 5. The molecule has 1 amide bonds.